The highest BCUT2D eigenvalue weighted by molar-refractivity contribution is 9.10. The van der Waals surface area contributed by atoms with Crippen molar-refractivity contribution in [3.63, 3.8) is 0 Å². The molecule has 188 valence electrons. The number of nitrogens with zero attached hydrogens (tertiary/aromatic N) is 2. The van der Waals surface area contributed by atoms with Crippen molar-refractivity contribution in [2.75, 3.05) is 11.9 Å². The summed E-state index contributed by atoms with van der Waals surface area (Å²) in [6, 6.07) is 21.0. The zero-order valence-corrected chi connectivity index (χ0v) is 22.4. The number of hydrogen-bond donors (Lipinski definition) is 2. The topological polar surface area (TPSA) is 70.4 Å². The van der Waals surface area contributed by atoms with Gasteiger partial charge in [0.15, 0.2) is 5.11 Å². The Balaban J connectivity index is 1.40. The Kier molecular flexibility index (Phi) is 7.34. The van der Waals surface area contributed by atoms with E-state index in [1.807, 2.05) is 66.4 Å². The Bertz CT molecular complexity index is 1430. The lowest BCUT2D eigenvalue weighted by Crippen LogP contribution is -2.32. The van der Waals surface area contributed by atoms with Crippen LogP contribution in [0.1, 0.15) is 35.5 Å². The summed E-state index contributed by atoms with van der Waals surface area (Å²) in [5, 5.41) is 6.82. The van der Waals surface area contributed by atoms with Crippen LogP contribution in [0.4, 0.5) is 10.1 Å². The van der Waals surface area contributed by atoms with Crippen molar-refractivity contribution < 1.29 is 13.6 Å². The molecule has 0 bridgehead atoms. The van der Waals surface area contributed by atoms with E-state index in [4.69, 9.17) is 16.6 Å². The van der Waals surface area contributed by atoms with Crippen LogP contribution in [-0.2, 0) is 4.79 Å². The van der Waals surface area contributed by atoms with E-state index in [0.29, 0.717) is 27.7 Å². The third-order valence-electron chi connectivity index (χ3n) is 6.23. The first-order valence-electron chi connectivity index (χ1n) is 11.8. The average Bonchev–Trinajstić information content (AvgIpc) is 3.49. The van der Waals surface area contributed by atoms with Crippen molar-refractivity contribution in [2.24, 2.45) is 0 Å². The predicted molar refractivity (Wildman–Crippen MR) is 148 cm³/mol. The fourth-order valence-electron chi connectivity index (χ4n) is 4.38. The van der Waals surface area contributed by atoms with Gasteiger partial charge in [-0.15, -0.1) is 0 Å². The lowest BCUT2D eigenvalue weighted by atomic mass is 10.0. The van der Waals surface area contributed by atoms with E-state index in [9.17, 15) is 9.18 Å². The van der Waals surface area contributed by atoms with Gasteiger partial charge in [-0.25, -0.2) is 4.39 Å². The smallest absolute Gasteiger partial charge is 0.226 e. The van der Waals surface area contributed by atoms with Gasteiger partial charge in [0.25, 0.3) is 0 Å². The Morgan fingerprint density at radius 2 is 1.97 bits per heavy atom. The molecule has 6 nitrogen and oxygen atoms in total. The number of hydrogen-bond acceptors (Lipinski definition) is 4. The van der Waals surface area contributed by atoms with E-state index in [1.54, 1.807) is 12.3 Å². The van der Waals surface area contributed by atoms with Gasteiger partial charge in [-0.3, -0.25) is 9.78 Å². The Morgan fingerprint density at radius 1 is 1.16 bits per heavy atom. The fourth-order valence-corrected chi connectivity index (χ4v) is 5.26. The standard InChI is InChI=1S/C28H24BrFN4O2S/c1-17-5-8-19(9-6-17)32-25(35)13-15-34-27(26(33-28(34)37)22-4-2-3-14-31-22)24-12-11-23(36-24)20-10-7-18(30)16-21(20)29/h2-12,14,16,26-27H,13,15H2,1H3,(H,32,35)(H,33,37)/t26-,27-/m1/s1. The maximum absolute atomic E-state index is 13.6. The zero-order chi connectivity index (χ0) is 25.9. The highest BCUT2D eigenvalue weighted by Crippen LogP contribution is 2.41. The van der Waals surface area contributed by atoms with Crippen LogP contribution in [0.3, 0.4) is 0 Å². The first-order valence-corrected chi connectivity index (χ1v) is 13.0. The summed E-state index contributed by atoms with van der Waals surface area (Å²) in [6.45, 7) is 2.38. The zero-order valence-electron chi connectivity index (χ0n) is 19.9. The molecule has 2 aromatic heterocycles. The molecular weight excluding hydrogens is 555 g/mol. The molecule has 37 heavy (non-hydrogen) atoms. The number of furan rings is 1. The quantitative estimate of drug-likeness (QED) is 0.242. The van der Waals surface area contributed by atoms with Gasteiger partial charge in [0.1, 0.15) is 23.4 Å². The van der Waals surface area contributed by atoms with Crippen molar-refractivity contribution in [2.45, 2.75) is 25.4 Å². The minimum absolute atomic E-state index is 0.109. The Morgan fingerprint density at radius 3 is 2.70 bits per heavy atom. The molecule has 0 aliphatic carbocycles. The number of aryl methyl sites for hydroxylation is 1. The number of halogens is 2. The number of benzene rings is 2. The van der Waals surface area contributed by atoms with Crippen molar-refractivity contribution in [3.05, 3.63) is 106 Å². The third-order valence-corrected chi connectivity index (χ3v) is 7.24. The normalized spacial score (nSPS) is 17.1. The van der Waals surface area contributed by atoms with Crippen LogP contribution in [0.15, 0.2) is 87.9 Å². The second kappa shape index (κ2) is 10.8. The summed E-state index contributed by atoms with van der Waals surface area (Å²) in [7, 11) is 0. The van der Waals surface area contributed by atoms with E-state index < -0.39 is 0 Å². The van der Waals surface area contributed by atoms with Gasteiger partial charge in [-0.1, -0.05) is 23.8 Å². The van der Waals surface area contributed by atoms with E-state index >= 15 is 0 Å². The predicted octanol–water partition coefficient (Wildman–Crippen LogP) is 6.55. The lowest BCUT2D eigenvalue weighted by Gasteiger charge is -2.25. The van der Waals surface area contributed by atoms with E-state index in [0.717, 1.165) is 22.5 Å². The largest absolute Gasteiger partial charge is 0.459 e. The molecule has 1 aliphatic heterocycles. The number of carbonyl (C=O) groups excluding carboxylic acids is 1. The molecule has 1 amide bonds. The molecule has 2 aromatic carbocycles. The molecule has 9 heteroatoms. The summed E-state index contributed by atoms with van der Waals surface area (Å²) in [5.74, 6) is 0.810. The number of amides is 1. The number of rotatable bonds is 7. The summed E-state index contributed by atoms with van der Waals surface area (Å²) >= 11 is 9.11. The maximum atomic E-state index is 13.6. The fraction of sp³-hybridized carbons (Fsp3) is 0.179. The van der Waals surface area contributed by atoms with Gasteiger partial charge in [0.05, 0.1) is 11.7 Å². The molecule has 1 fully saturated rings. The van der Waals surface area contributed by atoms with Crippen LogP contribution in [-0.4, -0.2) is 27.4 Å². The van der Waals surface area contributed by atoms with Crippen molar-refractivity contribution >= 4 is 44.9 Å². The van der Waals surface area contributed by atoms with Gasteiger partial charge < -0.3 is 20.0 Å². The second-order valence-electron chi connectivity index (χ2n) is 8.81. The van der Waals surface area contributed by atoms with Crippen LogP contribution in [0.25, 0.3) is 11.3 Å². The van der Waals surface area contributed by atoms with Gasteiger partial charge in [-0.05, 0) is 89.7 Å². The maximum Gasteiger partial charge on any atom is 0.226 e. The number of pyridine rings is 1. The molecular formula is C28H24BrFN4O2S. The highest BCUT2D eigenvalue weighted by Gasteiger charge is 2.41. The van der Waals surface area contributed by atoms with Crippen LogP contribution in [0.5, 0.6) is 0 Å². The summed E-state index contributed by atoms with van der Waals surface area (Å²) in [6.07, 6.45) is 1.97. The summed E-state index contributed by atoms with van der Waals surface area (Å²) in [4.78, 5) is 19.2. The monoisotopic (exact) mass is 578 g/mol. The first-order chi connectivity index (χ1) is 17.9. The van der Waals surface area contributed by atoms with Crippen LogP contribution in [0.2, 0.25) is 0 Å². The number of aromatic nitrogens is 1. The molecule has 0 unspecified atom stereocenters. The Labute approximate surface area is 228 Å². The van der Waals surface area contributed by atoms with E-state index in [-0.39, 0.29) is 30.2 Å². The van der Waals surface area contributed by atoms with E-state index in [2.05, 4.69) is 31.5 Å². The summed E-state index contributed by atoms with van der Waals surface area (Å²) in [5.41, 5.74) is 3.42. The molecule has 1 saturated heterocycles. The molecule has 2 atom stereocenters. The highest BCUT2D eigenvalue weighted by atomic mass is 79.9. The van der Waals surface area contributed by atoms with E-state index in [1.165, 1.54) is 12.1 Å². The molecule has 2 N–H and O–H groups in total. The van der Waals surface area contributed by atoms with Crippen LogP contribution < -0.4 is 10.6 Å². The molecule has 1 aliphatic rings. The summed E-state index contributed by atoms with van der Waals surface area (Å²) < 4.78 is 20.5. The molecule has 4 aromatic rings. The molecule has 0 spiro atoms. The van der Waals surface area contributed by atoms with Gasteiger partial charge >= 0.3 is 0 Å². The molecule has 3 heterocycles. The van der Waals surface area contributed by atoms with Crippen molar-refractivity contribution in [3.8, 4) is 11.3 Å². The third kappa shape index (κ3) is 5.57. The average molecular weight is 579 g/mol. The second-order valence-corrected chi connectivity index (χ2v) is 10.1. The molecule has 0 radical (unpaired) electrons. The Hall–Kier alpha value is -3.56. The minimum atomic E-state index is -0.335. The number of carbonyl (C=O) groups is 1. The molecule has 0 saturated carbocycles. The van der Waals surface area contributed by atoms with Crippen molar-refractivity contribution in [1.29, 1.82) is 0 Å². The number of nitrogens with one attached hydrogen (secondary N) is 2. The van der Waals surface area contributed by atoms with Crippen LogP contribution in [0, 0.1) is 12.7 Å². The number of anilines is 1. The SMILES string of the molecule is Cc1ccc(NC(=O)CCN2C(=S)N[C@H](c3ccccn3)[C@H]2c2ccc(-c3ccc(F)cc3Br)o2)cc1. The van der Waals surface area contributed by atoms with Crippen LogP contribution >= 0.6 is 28.1 Å². The first kappa shape index (κ1) is 25.1. The van der Waals surface area contributed by atoms with Gasteiger partial charge in [-0.2, -0.15) is 0 Å². The lowest BCUT2D eigenvalue weighted by molar-refractivity contribution is -0.116. The number of thiocarbonyl (C=S) groups is 1. The van der Waals surface area contributed by atoms with Gasteiger partial charge in [0, 0.05) is 34.9 Å². The van der Waals surface area contributed by atoms with Crippen molar-refractivity contribution in [1.82, 2.24) is 15.2 Å². The van der Waals surface area contributed by atoms with Gasteiger partial charge in [0.2, 0.25) is 5.91 Å². The molecule has 5 rings (SSSR count). The minimum Gasteiger partial charge on any atom is -0.459 e.